The van der Waals surface area contributed by atoms with Crippen LogP contribution >= 0.6 is 0 Å². The van der Waals surface area contributed by atoms with E-state index >= 15 is 0 Å². The van der Waals surface area contributed by atoms with Crippen LogP contribution in [0.5, 0.6) is 0 Å². The summed E-state index contributed by atoms with van der Waals surface area (Å²) in [6, 6.07) is 18.9. The van der Waals surface area contributed by atoms with E-state index < -0.39 is 17.6 Å². The first-order chi connectivity index (χ1) is 12.1. The van der Waals surface area contributed by atoms with Gasteiger partial charge in [0.15, 0.2) is 0 Å². The number of carbonyl (C=O) groups is 2. The van der Waals surface area contributed by atoms with Crippen LogP contribution in [0, 0.1) is 5.82 Å². The number of nitrogens with one attached hydrogen (secondary N) is 2. The minimum atomic E-state index is -0.944. The van der Waals surface area contributed by atoms with E-state index in [1.54, 1.807) is 24.3 Å². The Morgan fingerprint density at radius 3 is 2.40 bits per heavy atom. The van der Waals surface area contributed by atoms with Gasteiger partial charge in [-0.25, -0.2) is 9.82 Å². The monoisotopic (exact) mass is 335 g/mol. The predicted octanol–water partition coefficient (Wildman–Crippen LogP) is 3.07. The van der Waals surface area contributed by atoms with Gasteiger partial charge >= 0.3 is 11.8 Å². The molecule has 6 heteroatoms. The summed E-state index contributed by atoms with van der Waals surface area (Å²) in [6.07, 6.45) is 1.14. The third-order valence-electron chi connectivity index (χ3n) is 3.49. The Kier molecular flexibility index (Phi) is 4.80. The van der Waals surface area contributed by atoms with Crippen LogP contribution in [0.4, 0.5) is 10.1 Å². The van der Waals surface area contributed by atoms with E-state index in [2.05, 4.69) is 15.8 Å². The molecule has 124 valence electrons. The molecule has 0 saturated carbocycles. The normalized spacial score (nSPS) is 10.8. The van der Waals surface area contributed by atoms with Gasteiger partial charge in [-0.05, 0) is 29.0 Å². The molecule has 0 bridgehead atoms. The second-order valence-electron chi connectivity index (χ2n) is 5.24. The molecule has 0 fully saturated rings. The molecular weight excluding hydrogens is 321 g/mol. The topological polar surface area (TPSA) is 70.6 Å². The zero-order chi connectivity index (χ0) is 17.6. The van der Waals surface area contributed by atoms with Crippen molar-refractivity contribution in [2.24, 2.45) is 5.10 Å². The Morgan fingerprint density at radius 2 is 1.60 bits per heavy atom. The zero-order valence-corrected chi connectivity index (χ0v) is 13.1. The number of anilines is 1. The third-order valence-corrected chi connectivity index (χ3v) is 3.49. The van der Waals surface area contributed by atoms with Crippen molar-refractivity contribution in [1.82, 2.24) is 5.43 Å². The maximum Gasteiger partial charge on any atom is 0.329 e. The second kappa shape index (κ2) is 7.35. The van der Waals surface area contributed by atoms with E-state index in [4.69, 9.17) is 0 Å². The van der Waals surface area contributed by atoms with E-state index in [0.29, 0.717) is 5.69 Å². The van der Waals surface area contributed by atoms with Gasteiger partial charge in [-0.15, -0.1) is 0 Å². The summed E-state index contributed by atoms with van der Waals surface area (Å²) in [4.78, 5) is 23.6. The Hall–Kier alpha value is -3.54. The summed E-state index contributed by atoms with van der Waals surface area (Å²) in [5.74, 6) is -2.28. The smallest absolute Gasteiger partial charge is 0.318 e. The summed E-state index contributed by atoms with van der Waals surface area (Å²) < 4.78 is 13.4. The van der Waals surface area contributed by atoms with Crippen molar-refractivity contribution >= 4 is 34.5 Å². The second-order valence-corrected chi connectivity index (χ2v) is 5.24. The molecule has 3 rings (SSSR count). The predicted molar refractivity (Wildman–Crippen MR) is 94.7 cm³/mol. The molecular formula is C19H14FN3O2. The lowest BCUT2D eigenvalue weighted by atomic mass is 10.1. The molecule has 0 radical (unpaired) electrons. The highest BCUT2D eigenvalue weighted by Gasteiger charge is 2.13. The average Bonchev–Trinajstić information content (AvgIpc) is 2.63. The van der Waals surface area contributed by atoms with E-state index in [-0.39, 0.29) is 5.56 Å². The molecule has 0 spiro atoms. The SMILES string of the molecule is O=C(N/N=C/c1ccccc1F)C(=O)Nc1ccc2ccccc2c1. The van der Waals surface area contributed by atoms with Gasteiger partial charge in [-0.3, -0.25) is 9.59 Å². The van der Waals surface area contributed by atoms with Gasteiger partial charge in [0, 0.05) is 11.3 Å². The molecule has 3 aromatic rings. The van der Waals surface area contributed by atoms with Crippen LogP contribution in [0.3, 0.4) is 0 Å². The number of fused-ring (bicyclic) bond motifs is 1. The van der Waals surface area contributed by atoms with Crippen molar-refractivity contribution in [3.05, 3.63) is 78.1 Å². The number of rotatable bonds is 3. The van der Waals surface area contributed by atoms with E-state index in [0.717, 1.165) is 17.0 Å². The van der Waals surface area contributed by atoms with Crippen LogP contribution in [0.2, 0.25) is 0 Å². The standard InChI is InChI=1S/C19H14FN3O2/c20-17-8-4-3-7-15(17)12-21-23-19(25)18(24)22-16-10-9-13-5-1-2-6-14(13)11-16/h1-12H,(H,22,24)(H,23,25)/b21-12+. The van der Waals surface area contributed by atoms with Crippen molar-refractivity contribution in [3.63, 3.8) is 0 Å². The van der Waals surface area contributed by atoms with Crippen LogP contribution in [0.25, 0.3) is 10.8 Å². The van der Waals surface area contributed by atoms with Crippen molar-refractivity contribution in [1.29, 1.82) is 0 Å². The van der Waals surface area contributed by atoms with Gasteiger partial charge in [0.25, 0.3) is 0 Å². The molecule has 3 aromatic carbocycles. The fraction of sp³-hybridized carbons (Fsp3) is 0. The summed E-state index contributed by atoms with van der Waals surface area (Å²) in [6.45, 7) is 0. The van der Waals surface area contributed by atoms with Crippen molar-refractivity contribution in [2.45, 2.75) is 0 Å². The molecule has 0 unspecified atom stereocenters. The fourth-order valence-corrected chi connectivity index (χ4v) is 2.25. The maximum absolute atomic E-state index is 13.4. The van der Waals surface area contributed by atoms with Crippen LogP contribution in [0.15, 0.2) is 71.8 Å². The highest BCUT2D eigenvalue weighted by atomic mass is 19.1. The number of hydrogen-bond acceptors (Lipinski definition) is 3. The van der Waals surface area contributed by atoms with Gasteiger partial charge in [0.2, 0.25) is 0 Å². The van der Waals surface area contributed by atoms with Crippen molar-refractivity contribution in [2.75, 3.05) is 5.32 Å². The summed E-state index contributed by atoms with van der Waals surface area (Å²) in [5, 5.41) is 8.05. The van der Waals surface area contributed by atoms with Crippen LogP contribution in [-0.4, -0.2) is 18.0 Å². The van der Waals surface area contributed by atoms with E-state index in [1.807, 2.05) is 30.3 Å². The van der Waals surface area contributed by atoms with Gasteiger partial charge < -0.3 is 5.32 Å². The Bertz CT molecular complexity index is 970. The number of carbonyl (C=O) groups excluding carboxylic acids is 2. The molecule has 0 saturated heterocycles. The molecule has 2 N–H and O–H groups in total. The van der Waals surface area contributed by atoms with Crippen LogP contribution in [-0.2, 0) is 9.59 Å². The summed E-state index contributed by atoms with van der Waals surface area (Å²) in [7, 11) is 0. The average molecular weight is 335 g/mol. The lowest BCUT2D eigenvalue weighted by Gasteiger charge is -2.05. The highest BCUT2D eigenvalue weighted by Crippen LogP contribution is 2.18. The first kappa shape index (κ1) is 16.3. The van der Waals surface area contributed by atoms with Crippen LogP contribution in [0.1, 0.15) is 5.56 Å². The number of nitrogens with zero attached hydrogens (tertiary/aromatic N) is 1. The summed E-state index contributed by atoms with van der Waals surface area (Å²) >= 11 is 0. The minimum absolute atomic E-state index is 0.206. The largest absolute Gasteiger partial charge is 0.329 e. The van der Waals surface area contributed by atoms with Gasteiger partial charge in [0.1, 0.15) is 5.82 Å². The van der Waals surface area contributed by atoms with Gasteiger partial charge in [-0.1, -0.05) is 48.5 Å². The van der Waals surface area contributed by atoms with Crippen LogP contribution < -0.4 is 10.7 Å². The van der Waals surface area contributed by atoms with E-state index in [1.165, 1.54) is 12.1 Å². The number of benzene rings is 3. The molecule has 0 aromatic heterocycles. The van der Waals surface area contributed by atoms with Gasteiger partial charge in [-0.2, -0.15) is 5.10 Å². The number of hydrazone groups is 1. The Balaban J connectivity index is 1.62. The first-order valence-corrected chi connectivity index (χ1v) is 7.51. The zero-order valence-electron chi connectivity index (χ0n) is 13.1. The minimum Gasteiger partial charge on any atom is -0.318 e. The lowest BCUT2D eigenvalue weighted by Crippen LogP contribution is -2.32. The third kappa shape index (κ3) is 4.06. The van der Waals surface area contributed by atoms with Crippen molar-refractivity contribution < 1.29 is 14.0 Å². The molecule has 0 aliphatic rings. The maximum atomic E-state index is 13.4. The molecule has 0 heterocycles. The quantitative estimate of drug-likeness (QED) is 0.439. The molecule has 0 atom stereocenters. The van der Waals surface area contributed by atoms with Crippen molar-refractivity contribution in [3.8, 4) is 0 Å². The summed E-state index contributed by atoms with van der Waals surface area (Å²) in [5.41, 5.74) is 2.77. The molecule has 25 heavy (non-hydrogen) atoms. The Morgan fingerprint density at radius 1 is 0.880 bits per heavy atom. The lowest BCUT2D eigenvalue weighted by molar-refractivity contribution is -0.136. The molecule has 0 aliphatic heterocycles. The number of hydrogen-bond donors (Lipinski definition) is 2. The van der Waals surface area contributed by atoms with Gasteiger partial charge in [0.05, 0.1) is 6.21 Å². The highest BCUT2D eigenvalue weighted by molar-refractivity contribution is 6.39. The molecule has 0 aliphatic carbocycles. The fourth-order valence-electron chi connectivity index (χ4n) is 2.25. The van der Waals surface area contributed by atoms with E-state index in [9.17, 15) is 14.0 Å². The number of amides is 2. The molecule has 2 amide bonds. The Labute approximate surface area is 143 Å². The molecule has 5 nitrogen and oxygen atoms in total. The number of halogens is 1. The first-order valence-electron chi connectivity index (χ1n) is 7.51.